The van der Waals surface area contributed by atoms with Crippen LogP contribution < -0.4 is 10.6 Å². The van der Waals surface area contributed by atoms with Gasteiger partial charge in [0.1, 0.15) is 0 Å². The summed E-state index contributed by atoms with van der Waals surface area (Å²) in [6.07, 6.45) is 5.47. The smallest absolute Gasteiger partial charge is 0.257 e. The number of carbonyl (C=O) groups is 1. The van der Waals surface area contributed by atoms with Gasteiger partial charge in [0, 0.05) is 29.6 Å². The van der Waals surface area contributed by atoms with Crippen molar-refractivity contribution in [2.24, 2.45) is 0 Å². The van der Waals surface area contributed by atoms with E-state index < -0.39 is 0 Å². The third kappa shape index (κ3) is 4.46. The summed E-state index contributed by atoms with van der Waals surface area (Å²) in [6, 6.07) is 7.24. The Morgan fingerprint density at radius 3 is 2.77 bits per heavy atom. The van der Waals surface area contributed by atoms with Crippen molar-refractivity contribution in [3.8, 4) is 0 Å². The Kier molecular flexibility index (Phi) is 5.78. The van der Waals surface area contributed by atoms with Gasteiger partial charge < -0.3 is 10.6 Å². The summed E-state index contributed by atoms with van der Waals surface area (Å²) < 4.78 is 0. The predicted molar refractivity (Wildman–Crippen MR) is 91.8 cm³/mol. The molecule has 0 aliphatic rings. The number of aryl methyl sites for hydroxylation is 1. The van der Waals surface area contributed by atoms with Crippen LogP contribution in [0.5, 0.6) is 0 Å². The maximum Gasteiger partial charge on any atom is 0.257 e. The van der Waals surface area contributed by atoms with E-state index in [-0.39, 0.29) is 5.91 Å². The number of anilines is 2. The number of rotatable bonds is 6. The number of halogens is 1. The third-order valence-corrected chi connectivity index (χ3v) is 3.70. The van der Waals surface area contributed by atoms with Crippen molar-refractivity contribution in [3.05, 3.63) is 52.8 Å². The van der Waals surface area contributed by atoms with Gasteiger partial charge in [0.25, 0.3) is 5.91 Å². The lowest BCUT2D eigenvalue weighted by Gasteiger charge is -2.09. The molecule has 2 N–H and O–H groups in total. The number of aromatic nitrogens is 1. The van der Waals surface area contributed by atoms with Crippen molar-refractivity contribution in [2.45, 2.75) is 26.7 Å². The minimum Gasteiger partial charge on any atom is -0.384 e. The van der Waals surface area contributed by atoms with Crippen molar-refractivity contribution in [2.75, 3.05) is 17.2 Å². The second-order valence-electron chi connectivity index (χ2n) is 5.16. The van der Waals surface area contributed by atoms with Gasteiger partial charge in [0.2, 0.25) is 0 Å². The lowest BCUT2D eigenvalue weighted by molar-refractivity contribution is 0.102. The molecule has 0 saturated carbocycles. The standard InChI is InChI=1S/C17H20ClN3O/c1-3-4-7-20-15-8-13(10-19-11-15)17(22)21-14-6-5-12(2)16(18)9-14/h5-6,8-11,20H,3-4,7H2,1-2H3,(H,21,22). The highest BCUT2D eigenvalue weighted by Gasteiger charge is 2.08. The summed E-state index contributed by atoms with van der Waals surface area (Å²) in [5.41, 5.74) is 3.01. The molecule has 0 atom stereocenters. The second-order valence-corrected chi connectivity index (χ2v) is 5.57. The number of benzene rings is 1. The maximum absolute atomic E-state index is 12.3. The van der Waals surface area contributed by atoms with Gasteiger partial charge in [0.05, 0.1) is 11.3 Å². The molecule has 0 radical (unpaired) electrons. The first-order valence-corrected chi connectivity index (χ1v) is 7.74. The summed E-state index contributed by atoms with van der Waals surface area (Å²) in [5, 5.41) is 6.72. The van der Waals surface area contributed by atoms with Crippen LogP contribution in [0.15, 0.2) is 36.7 Å². The van der Waals surface area contributed by atoms with Gasteiger partial charge in [-0.15, -0.1) is 0 Å². The molecule has 2 aromatic rings. The molecule has 0 spiro atoms. The molecule has 1 aromatic heterocycles. The Morgan fingerprint density at radius 2 is 2.05 bits per heavy atom. The van der Waals surface area contributed by atoms with Gasteiger partial charge in [-0.05, 0) is 37.1 Å². The van der Waals surface area contributed by atoms with E-state index in [1.165, 1.54) is 0 Å². The summed E-state index contributed by atoms with van der Waals surface area (Å²) in [7, 11) is 0. The fourth-order valence-electron chi connectivity index (χ4n) is 1.94. The zero-order chi connectivity index (χ0) is 15.9. The van der Waals surface area contributed by atoms with E-state index in [4.69, 9.17) is 11.6 Å². The van der Waals surface area contributed by atoms with Crippen LogP contribution in [0.2, 0.25) is 5.02 Å². The number of amides is 1. The first kappa shape index (κ1) is 16.3. The molecule has 0 unspecified atom stereocenters. The molecular weight excluding hydrogens is 298 g/mol. The number of pyridine rings is 1. The fourth-order valence-corrected chi connectivity index (χ4v) is 2.12. The number of nitrogens with one attached hydrogen (secondary N) is 2. The van der Waals surface area contributed by atoms with E-state index in [1.807, 2.05) is 19.1 Å². The lowest BCUT2D eigenvalue weighted by Crippen LogP contribution is -2.13. The largest absolute Gasteiger partial charge is 0.384 e. The highest BCUT2D eigenvalue weighted by atomic mass is 35.5. The van der Waals surface area contributed by atoms with E-state index in [9.17, 15) is 4.79 Å². The number of unbranched alkanes of at least 4 members (excludes halogenated alkanes) is 1. The van der Waals surface area contributed by atoms with Gasteiger partial charge in [0.15, 0.2) is 0 Å². The Labute approximate surface area is 135 Å². The molecular formula is C17H20ClN3O. The molecule has 22 heavy (non-hydrogen) atoms. The summed E-state index contributed by atoms with van der Waals surface area (Å²) in [6.45, 7) is 4.93. The molecule has 4 nitrogen and oxygen atoms in total. The van der Waals surface area contributed by atoms with E-state index >= 15 is 0 Å². The van der Waals surface area contributed by atoms with Gasteiger partial charge in [-0.3, -0.25) is 9.78 Å². The Bertz CT molecular complexity index is 658. The van der Waals surface area contributed by atoms with Gasteiger partial charge in [-0.1, -0.05) is 31.0 Å². The monoisotopic (exact) mass is 317 g/mol. The third-order valence-electron chi connectivity index (χ3n) is 3.29. The number of hydrogen-bond donors (Lipinski definition) is 2. The average molecular weight is 318 g/mol. The quantitative estimate of drug-likeness (QED) is 0.771. The van der Waals surface area contributed by atoms with Crippen molar-refractivity contribution < 1.29 is 4.79 Å². The van der Waals surface area contributed by atoms with E-state index in [1.54, 1.807) is 24.5 Å². The summed E-state index contributed by atoms with van der Waals surface area (Å²) >= 11 is 6.07. The van der Waals surface area contributed by atoms with Crippen molar-refractivity contribution >= 4 is 28.9 Å². The molecule has 0 fully saturated rings. The topological polar surface area (TPSA) is 54.0 Å². The van der Waals surface area contributed by atoms with Crippen molar-refractivity contribution in [1.82, 2.24) is 4.98 Å². The van der Waals surface area contributed by atoms with Crippen LogP contribution in [0, 0.1) is 6.92 Å². The van der Waals surface area contributed by atoms with Gasteiger partial charge in [-0.2, -0.15) is 0 Å². The van der Waals surface area contributed by atoms with Crippen LogP contribution in [-0.2, 0) is 0 Å². The van der Waals surface area contributed by atoms with E-state index in [0.29, 0.717) is 16.3 Å². The zero-order valence-electron chi connectivity index (χ0n) is 12.8. The average Bonchev–Trinajstić information content (AvgIpc) is 2.51. The SMILES string of the molecule is CCCCNc1cncc(C(=O)Nc2ccc(C)c(Cl)c2)c1. The Balaban J connectivity index is 2.05. The first-order chi connectivity index (χ1) is 10.6. The van der Waals surface area contributed by atoms with Crippen molar-refractivity contribution in [3.63, 3.8) is 0 Å². The Morgan fingerprint density at radius 1 is 1.23 bits per heavy atom. The van der Waals surface area contributed by atoms with Crippen LogP contribution in [0.25, 0.3) is 0 Å². The highest BCUT2D eigenvalue weighted by molar-refractivity contribution is 6.31. The van der Waals surface area contributed by atoms with Crippen LogP contribution in [0.1, 0.15) is 35.7 Å². The molecule has 1 amide bonds. The summed E-state index contributed by atoms with van der Waals surface area (Å²) in [4.78, 5) is 16.4. The molecule has 1 heterocycles. The highest BCUT2D eigenvalue weighted by Crippen LogP contribution is 2.20. The van der Waals surface area contributed by atoms with E-state index in [0.717, 1.165) is 30.6 Å². The molecule has 1 aromatic carbocycles. The number of nitrogens with zero attached hydrogens (tertiary/aromatic N) is 1. The maximum atomic E-state index is 12.3. The number of carbonyl (C=O) groups excluding carboxylic acids is 1. The summed E-state index contributed by atoms with van der Waals surface area (Å²) in [5.74, 6) is -0.202. The van der Waals surface area contributed by atoms with Crippen LogP contribution in [0.4, 0.5) is 11.4 Å². The number of hydrogen-bond acceptors (Lipinski definition) is 3. The zero-order valence-corrected chi connectivity index (χ0v) is 13.6. The predicted octanol–water partition coefficient (Wildman–Crippen LogP) is 4.51. The van der Waals surface area contributed by atoms with Crippen LogP contribution in [0.3, 0.4) is 0 Å². The second kappa shape index (κ2) is 7.80. The minimum absolute atomic E-state index is 0.202. The molecule has 0 saturated heterocycles. The van der Waals surface area contributed by atoms with E-state index in [2.05, 4.69) is 22.5 Å². The molecule has 0 aliphatic heterocycles. The van der Waals surface area contributed by atoms with Crippen molar-refractivity contribution in [1.29, 1.82) is 0 Å². The van der Waals surface area contributed by atoms with Crippen LogP contribution >= 0.6 is 11.6 Å². The lowest BCUT2D eigenvalue weighted by atomic mass is 10.2. The normalized spacial score (nSPS) is 10.3. The van der Waals surface area contributed by atoms with Crippen LogP contribution in [-0.4, -0.2) is 17.4 Å². The van der Waals surface area contributed by atoms with Gasteiger partial charge >= 0.3 is 0 Å². The molecule has 5 heteroatoms. The molecule has 0 aliphatic carbocycles. The molecule has 0 bridgehead atoms. The minimum atomic E-state index is -0.202. The molecule has 2 rings (SSSR count). The fraction of sp³-hybridized carbons (Fsp3) is 0.294. The first-order valence-electron chi connectivity index (χ1n) is 7.36. The van der Waals surface area contributed by atoms with Gasteiger partial charge in [-0.25, -0.2) is 0 Å². The molecule has 116 valence electrons. The Hall–Kier alpha value is -2.07.